The van der Waals surface area contributed by atoms with E-state index in [1.807, 2.05) is 31.2 Å². The second kappa shape index (κ2) is 12.7. The first-order valence-corrected chi connectivity index (χ1v) is 13.7. The fourth-order valence-corrected chi connectivity index (χ4v) is 5.55. The molecular formula is C35H28F4O4. The van der Waals surface area contributed by atoms with Crippen molar-refractivity contribution in [1.29, 1.82) is 0 Å². The van der Waals surface area contributed by atoms with Crippen molar-refractivity contribution in [2.24, 2.45) is 0 Å². The maximum atomic E-state index is 14.7. The molecule has 0 heterocycles. The maximum absolute atomic E-state index is 14.7. The third-order valence-electron chi connectivity index (χ3n) is 7.50. The number of carbonyl (C=O) groups excluding carboxylic acids is 2. The largest absolute Gasteiger partial charge is 0.493 e. The van der Waals surface area contributed by atoms with E-state index >= 15 is 0 Å². The second-order valence-electron chi connectivity index (χ2n) is 10.5. The Kier molecular flexibility index (Phi) is 8.76. The molecule has 0 bridgehead atoms. The minimum absolute atomic E-state index is 0.0738. The fourth-order valence-electron chi connectivity index (χ4n) is 5.55. The monoisotopic (exact) mass is 588 g/mol. The van der Waals surface area contributed by atoms with Crippen LogP contribution in [0.4, 0.5) is 17.6 Å². The van der Waals surface area contributed by atoms with Crippen LogP contribution >= 0.6 is 0 Å². The Morgan fingerprint density at radius 2 is 1.56 bits per heavy atom. The van der Waals surface area contributed by atoms with Crippen molar-refractivity contribution in [3.8, 4) is 11.5 Å². The summed E-state index contributed by atoms with van der Waals surface area (Å²) in [4.78, 5) is 26.4. The first-order chi connectivity index (χ1) is 20.6. The van der Waals surface area contributed by atoms with E-state index in [2.05, 4.69) is 0 Å². The summed E-state index contributed by atoms with van der Waals surface area (Å²) in [5.74, 6) is -5.90. The molecule has 0 fully saturated rings. The molecule has 0 amide bonds. The Morgan fingerprint density at radius 1 is 0.860 bits per heavy atom. The molecule has 43 heavy (non-hydrogen) atoms. The number of aryl methyl sites for hydroxylation is 1. The summed E-state index contributed by atoms with van der Waals surface area (Å²) in [5.41, 5.74) is 2.30. The van der Waals surface area contributed by atoms with Crippen LogP contribution in [0.15, 0.2) is 90.5 Å². The van der Waals surface area contributed by atoms with Crippen LogP contribution in [0.5, 0.6) is 11.5 Å². The predicted octanol–water partition coefficient (Wildman–Crippen LogP) is 7.83. The number of benzene rings is 4. The highest BCUT2D eigenvalue weighted by molar-refractivity contribution is 6.10. The van der Waals surface area contributed by atoms with Gasteiger partial charge in [0.2, 0.25) is 0 Å². The summed E-state index contributed by atoms with van der Waals surface area (Å²) in [7, 11) is 1.41. The lowest BCUT2D eigenvalue weighted by atomic mass is 9.86. The van der Waals surface area contributed by atoms with Gasteiger partial charge in [0.05, 0.1) is 12.7 Å². The van der Waals surface area contributed by atoms with Gasteiger partial charge in [-0.1, -0.05) is 60.2 Å². The van der Waals surface area contributed by atoms with Gasteiger partial charge < -0.3 is 9.47 Å². The van der Waals surface area contributed by atoms with E-state index in [9.17, 15) is 27.2 Å². The molecule has 2 atom stereocenters. The molecule has 0 N–H and O–H groups in total. The molecule has 1 aliphatic carbocycles. The normalized spacial score (nSPS) is 16.1. The van der Waals surface area contributed by atoms with E-state index in [4.69, 9.17) is 9.47 Å². The number of halogens is 4. The van der Waals surface area contributed by atoms with Gasteiger partial charge >= 0.3 is 0 Å². The zero-order valence-corrected chi connectivity index (χ0v) is 23.5. The van der Waals surface area contributed by atoms with Gasteiger partial charge in [-0.25, -0.2) is 17.6 Å². The summed E-state index contributed by atoms with van der Waals surface area (Å²) >= 11 is 0. The Bertz CT molecular complexity index is 1690. The molecule has 4 aromatic rings. The van der Waals surface area contributed by atoms with Crippen molar-refractivity contribution < 1.29 is 36.6 Å². The molecular weight excluding hydrogens is 560 g/mol. The number of ether oxygens (including phenoxy) is 2. The van der Waals surface area contributed by atoms with Crippen molar-refractivity contribution >= 4 is 11.6 Å². The molecule has 0 aliphatic heterocycles. The van der Waals surface area contributed by atoms with E-state index in [1.165, 1.54) is 19.2 Å². The highest BCUT2D eigenvalue weighted by Gasteiger charge is 2.37. The van der Waals surface area contributed by atoms with Gasteiger partial charge in [-0.2, -0.15) is 0 Å². The topological polar surface area (TPSA) is 52.6 Å². The Labute approximate surface area is 246 Å². The van der Waals surface area contributed by atoms with Crippen LogP contribution in [0.3, 0.4) is 0 Å². The predicted molar refractivity (Wildman–Crippen MR) is 154 cm³/mol. The van der Waals surface area contributed by atoms with Gasteiger partial charge in [0, 0.05) is 41.5 Å². The number of ketones is 2. The van der Waals surface area contributed by atoms with Crippen LogP contribution < -0.4 is 9.47 Å². The molecule has 0 spiro atoms. The summed E-state index contributed by atoms with van der Waals surface area (Å²) in [5, 5.41) is 0. The van der Waals surface area contributed by atoms with Crippen molar-refractivity contribution in [3.05, 3.63) is 142 Å². The molecule has 5 rings (SSSR count). The van der Waals surface area contributed by atoms with Crippen LogP contribution in [0, 0.1) is 30.2 Å². The number of hydrogen-bond acceptors (Lipinski definition) is 4. The lowest BCUT2D eigenvalue weighted by molar-refractivity contribution is -0.120. The van der Waals surface area contributed by atoms with Gasteiger partial charge in [-0.05, 0) is 42.7 Å². The first-order valence-electron chi connectivity index (χ1n) is 13.7. The maximum Gasteiger partial charge on any atom is 0.195 e. The van der Waals surface area contributed by atoms with Gasteiger partial charge in [0.1, 0.15) is 29.9 Å². The van der Waals surface area contributed by atoms with Crippen molar-refractivity contribution in [2.45, 2.75) is 31.6 Å². The number of carbonyl (C=O) groups is 2. The van der Waals surface area contributed by atoms with Crippen molar-refractivity contribution in [3.63, 3.8) is 0 Å². The molecule has 220 valence electrons. The Balaban J connectivity index is 1.48. The lowest BCUT2D eigenvalue weighted by Gasteiger charge is -2.21. The molecule has 1 aliphatic rings. The molecule has 8 heteroatoms. The fraction of sp³-hybridized carbons (Fsp3) is 0.200. The highest BCUT2D eigenvalue weighted by Crippen LogP contribution is 2.49. The van der Waals surface area contributed by atoms with Crippen LogP contribution in [0.25, 0.3) is 0 Å². The average Bonchev–Trinajstić information content (AvgIpc) is 3.41. The number of para-hydroxylation sites is 1. The average molecular weight is 589 g/mol. The molecule has 0 radical (unpaired) electrons. The van der Waals surface area contributed by atoms with Crippen LogP contribution in [0.1, 0.15) is 50.9 Å². The van der Waals surface area contributed by atoms with Gasteiger partial charge in [0.15, 0.2) is 23.1 Å². The number of methoxy groups -OCH3 is 1. The molecule has 0 saturated carbocycles. The summed E-state index contributed by atoms with van der Waals surface area (Å²) < 4.78 is 68.3. The third kappa shape index (κ3) is 6.53. The number of rotatable bonds is 10. The van der Waals surface area contributed by atoms with Crippen molar-refractivity contribution in [2.75, 3.05) is 13.7 Å². The van der Waals surface area contributed by atoms with E-state index in [1.54, 1.807) is 36.4 Å². The van der Waals surface area contributed by atoms with Crippen LogP contribution in [0.2, 0.25) is 0 Å². The Hall–Kier alpha value is -4.72. The van der Waals surface area contributed by atoms with Crippen LogP contribution in [-0.4, -0.2) is 25.3 Å². The molecule has 0 saturated heterocycles. The zero-order valence-electron chi connectivity index (χ0n) is 23.5. The summed E-state index contributed by atoms with van der Waals surface area (Å²) in [6.07, 6.45) is 2.08. The zero-order chi connectivity index (χ0) is 30.7. The first kappa shape index (κ1) is 29.8. The van der Waals surface area contributed by atoms with Gasteiger partial charge in [-0.3, -0.25) is 9.59 Å². The van der Waals surface area contributed by atoms with Crippen LogP contribution in [-0.2, 0) is 11.2 Å². The number of hydrogen-bond donors (Lipinski definition) is 0. The van der Waals surface area contributed by atoms with E-state index in [-0.39, 0.29) is 35.9 Å². The Morgan fingerprint density at radius 3 is 2.23 bits per heavy atom. The standard InChI is InChI=1S/C35H28F4O4/c1-20-5-3-6-21(13-20)14-26(40)19-43-32-8-4-7-27(35(32)42-2)28-15-23(22-9-11-24(36)12-10-22)16-29(28)34(41)33-30(38)17-25(37)18-31(33)39/h3-13,16-18,23,28H,14-15,19H2,1-2H3. The third-order valence-corrected chi connectivity index (χ3v) is 7.50. The van der Waals surface area contributed by atoms with E-state index in [0.717, 1.165) is 11.1 Å². The van der Waals surface area contributed by atoms with E-state index < -0.39 is 46.5 Å². The smallest absolute Gasteiger partial charge is 0.195 e. The number of allylic oxidation sites excluding steroid dienone is 2. The van der Waals surface area contributed by atoms with E-state index in [0.29, 0.717) is 29.7 Å². The quantitative estimate of drug-likeness (QED) is 0.140. The second-order valence-corrected chi connectivity index (χ2v) is 10.5. The SMILES string of the molecule is COc1c(OCC(=O)Cc2cccc(C)c2)cccc1C1CC(c2ccc(F)cc2)C=C1C(=O)c1c(F)cc(F)cc1F. The number of Topliss-reactive ketones (excluding diaryl/α,β-unsaturated/α-hetero) is 2. The molecule has 4 nitrogen and oxygen atoms in total. The minimum atomic E-state index is -1.32. The van der Waals surface area contributed by atoms with Gasteiger partial charge in [-0.15, -0.1) is 0 Å². The van der Waals surface area contributed by atoms with Crippen molar-refractivity contribution in [1.82, 2.24) is 0 Å². The molecule has 0 aromatic heterocycles. The highest BCUT2D eigenvalue weighted by atomic mass is 19.1. The van der Waals surface area contributed by atoms with Gasteiger partial charge in [0.25, 0.3) is 0 Å². The lowest BCUT2D eigenvalue weighted by Crippen LogP contribution is -2.16. The molecule has 2 unspecified atom stereocenters. The minimum Gasteiger partial charge on any atom is -0.493 e. The summed E-state index contributed by atoms with van der Waals surface area (Å²) in [6.45, 7) is 1.71. The molecule has 4 aromatic carbocycles. The summed E-state index contributed by atoms with van der Waals surface area (Å²) in [6, 6.07) is 19.3.